The molecule has 1 aromatic heterocycles. The number of methoxy groups -OCH3 is 1. The highest BCUT2D eigenvalue weighted by molar-refractivity contribution is 6.06. The molecule has 2 aliphatic rings. The van der Waals surface area contributed by atoms with Crippen LogP contribution in [0.3, 0.4) is 0 Å². The van der Waals surface area contributed by atoms with Crippen LogP contribution in [-0.4, -0.2) is 41.3 Å². The van der Waals surface area contributed by atoms with Crippen molar-refractivity contribution in [3.8, 4) is 0 Å². The molecule has 8 nitrogen and oxygen atoms in total. The summed E-state index contributed by atoms with van der Waals surface area (Å²) in [6.45, 7) is 6.78. The number of fused-ring (bicyclic) bond motifs is 3. The molecule has 0 saturated carbocycles. The van der Waals surface area contributed by atoms with Crippen molar-refractivity contribution < 1.29 is 23.5 Å². The van der Waals surface area contributed by atoms with Gasteiger partial charge in [-0.3, -0.25) is 14.4 Å². The van der Waals surface area contributed by atoms with Crippen molar-refractivity contribution in [2.24, 2.45) is 5.41 Å². The van der Waals surface area contributed by atoms with Crippen LogP contribution in [-0.2, 0) is 43.9 Å². The van der Waals surface area contributed by atoms with Gasteiger partial charge in [0.25, 0.3) is 0 Å². The molecule has 2 heterocycles. The molecule has 0 fully saturated rings. The van der Waals surface area contributed by atoms with E-state index in [0.717, 1.165) is 16.7 Å². The van der Waals surface area contributed by atoms with Gasteiger partial charge in [-0.25, -0.2) is 9.37 Å². The molecule has 1 spiro atoms. The van der Waals surface area contributed by atoms with Gasteiger partial charge < -0.3 is 20.3 Å². The van der Waals surface area contributed by atoms with Crippen LogP contribution >= 0.6 is 0 Å². The maximum atomic E-state index is 15.0. The molecule has 3 aromatic rings. The summed E-state index contributed by atoms with van der Waals surface area (Å²) in [6, 6.07) is 14.1. The lowest BCUT2D eigenvalue weighted by Crippen LogP contribution is -2.43. The van der Waals surface area contributed by atoms with Gasteiger partial charge in [0, 0.05) is 42.1 Å². The third-order valence-corrected chi connectivity index (χ3v) is 8.02. The lowest BCUT2D eigenvalue weighted by Gasteiger charge is -2.30. The highest BCUT2D eigenvalue weighted by atomic mass is 19.1. The van der Waals surface area contributed by atoms with Crippen LogP contribution in [0.25, 0.3) is 0 Å². The van der Waals surface area contributed by atoms with Gasteiger partial charge >= 0.3 is 0 Å². The fourth-order valence-corrected chi connectivity index (χ4v) is 5.83. The van der Waals surface area contributed by atoms with E-state index < -0.39 is 22.6 Å². The molecule has 0 radical (unpaired) electrons. The smallest absolute Gasteiger partial charge is 0.244 e. The standard InChI is InChI=1S/C32H35FN4O4/c1-19(41-5)23-8-6-10-26(33)24(23)17-37(30(40)31(2,3)4)18-27(38)35-22-12-11-20-15-32(16-21(20)14-22)25-9-7-13-34-28(25)36-29(32)39/h6-14,19H,15-18H2,1-5H3,(H,35,38)(H,34,36,39). The fourth-order valence-electron chi connectivity index (χ4n) is 5.83. The van der Waals surface area contributed by atoms with Crippen molar-refractivity contribution in [2.45, 2.75) is 58.6 Å². The first-order valence-electron chi connectivity index (χ1n) is 13.7. The van der Waals surface area contributed by atoms with Gasteiger partial charge in [-0.1, -0.05) is 45.0 Å². The lowest BCUT2D eigenvalue weighted by molar-refractivity contribution is -0.142. The second-order valence-corrected chi connectivity index (χ2v) is 11.9. The molecule has 2 aromatic carbocycles. The number of benzene rings is 2. The summed E-state index contributed by atoms with van der Waals surface area (Å²) in [5, 5.41) is 5.81. The maximum absolute atomic E-state index is 15.0. The van der Waals surface area contributed by atoms with Crippen molar-refractivity contribution in [3.05, 3.63) is 88.4 Å². The summed E-state index contributed by atoms with van der Waals surface area (Å²) in [6.07, 6.45) is 2.33. The molecule has 9 heteroatoms. The molecular formula is C32H35FN4O4. The quantitative estimate of drug-likeness (QED) is 0.428. The molecule has 2 unspecified atom stereocenters. The molecule has 2 atom stereocenters. The fraction of sp³-hybridized carbons (Fsp3) is 0.375. The first-order chi connectivity index (χ1) is 19.4. The van der Waals surface area contributed by atoms with E-state index in [1.807, 2.05) is 31.2 Å². The lowest BCUT2D eigenvalue weighted by atomic mass is 9.79. The maximum Gasteiger partial charge on any atom is 0.244 e. The van der Waals surface area contributed by atoms with Crippen LogP contribution in [0.1, 0.15) is 61.6 Å². The number of rotatable bonds is 7. The van der Waals surface area contributed by atoms with Crippen LogP contribution in [0, 0.1) is 11.2 Å². The first kappa shape index (κ1) is 28.4. The average molecular weight is 559 g/mol. The van der Waals surface area contributed by atoms with Gasteiger partial charge in [0.05, 0.1) is 11.5 Å². The summed E-state index contributed by atoms with van der Waals surface area (Å²) in [7, 11) is 1.54. The zero-order valence-corrected chi connectivity index (χ0v) is 24.0. The molecule has 3 amide bonds. The Hall–Kier alpha value is -4.11. The third kappa shape index (κ3) is 5.34. The third-order valence-electron chi connectivity index (χ3n) is 8.02. The number of pyridine rings is 1. The number of hydrogen-bond acceptors (Lipinski definition) is 5. The van der Waals surface area contributed by atoms with E-state index in [2.05, 4.69) is 15.6 Å². The van der Waals surface area contributed by atoms with Gasteiger partial charge in [0.2, 0.25) is 17.7 Å². The van der Waals surface area contributed by atoms with Gasteiger partial charge in [-0.15, -0.1) is 0 Å². The van der Waals surface area contributed by atoms with Crippen molar-refractivity contribution in [1.82, 2.24) is 9.88 Å². The number of anilines is 2. The molecule has 5 rings (SSSR count). The van der Waals surface area contributed by atoms with Gasteiger partial charge in [-0.2, -0.15) is 0 Å². The van der Waals surface area contributed by atoms with E-state index in [1.165, 1.54) is 18.1 Å². The average Bonchev–Trinajstić information content (AvgIpc) is 3.44. The number of ether oxygens (including phenoxy) is 1. The Morgan fingerprint density at radius 2 is 1.90 bits per heavy atom. The van der Waals surface area contributed by atoms with E-state index >= 15 is 0 Å². The first-order valence-corrected chi connectivity index (χ1v) is 13.7. The molecule has 2 N–H and O–H groups in total. The van der Waals surface area contributed by atoms with E-state index in [0.29, 0.717) is 35.5 Å². The van der Waals surface area contributed by atoms with Crippen molar-refractivity contribution in [1.29, 1.82) is 0 Å². The largest absolute Gasteiger partial charge is 0.377 e. The SMILES string of the molecule is COC(C)c1cccc(F)c1CN(CC(=O)Nc1ccc2c(c1)CC1(C2)C(=O)Nc2ncccc21)C(=O)C(C)(C)C. The molecule has 0 bridgehead atoms. The van der Waals surface area contributed by atoms with Crippen LogP contribution in [0.5, 0.6) is 0 Å². The molecule has 41 heavy (non-hydrogen) atoms. The zero-order chi connectivity index (χ0) is 29.5. The molecule has 1 aliphatic heterocycles. The Labute approximate surface area is 239 Å². The minimum atomic E-state index is -0.784. The zero-order valence-electron chi connectivity index (χ0n) is 24.0. The van der Waals surface area contributed by atoms with Gasteiger partial charge in [0.1, 0.15) is 18.2 Å². The molecule has 214 valence electrons. The minimum Gasteiger partial charge on any atom is -0.377 e. The Balaban J connectivity index is 1.35. The number of nitrogens with zero attached hydrogens (tertiary/aromatic N) is 2. The van der Waals surface area contributed by atoms with E-state index in [-0.39, 0.29) is 31.0 Å². The van der Waals surface area contributed by atoms with Crippen molar-refractivity contribution in [3.63, 3.8) is 0 Å². The highest BCUT2D eigenvalue weighted by Gasteiger charge is 2.51. The molecule has 1 aliphatic carbocycles. The Bertz CT molecular complexity index is 1530. The normalized spacial score (nSPS) is 18.0. The second-order valence-electron chi connectivity index (χ2n) is 11.9. The van der Waals surface area contributed by atoms with E-state index in [1.54, 1.807) is 45.2 Å². The highest BCUT2D eigenvalue weighted by Crippen LogP contribution is 2.47. The van der Waals surface area contributed by atoms with E-state index in [4.69, 9.17) is 4.74 Å². The topological polar surface area (TPSA) is 101 Å². The van der Waals surface area contributed by atoms with E-state index in [9.17, 15) is 18.8 Å². The Morgan fingerprint density at radius 1 is 1.15 bits per heavy atom. The van der Waals surface area contributed by atoms with Crippen LogP contribution in [0.2, 0.25) is 0 Å². The number of amides is 3. The van der Waals surface area contributed by atoms with Gasteiger partial charge in [0.15, 0.2) is 0 Å². The number of carbonyl (C=O) groups is 3. The molecule has 0 saturated heterocycles. The minimum absolute atomic E-state index is 0.0698. The predicted molar refractivity (Wildman–Crippen MR) is 154 cm³/mol. The second kappa shape index (κ2) is 10.7. The monoisotopic (exact) mass is 558 g/mol. The van der Waals surface area contributed by atoms with Crippen molar-refractivity contribution >= 4 is 29.2 Å². The van der Waals surface area contributed by atoms with Gasteiger partial charge in [-0.05, 0) is 60.7 Å². The summed E-state index contributed by atoms with van der Waals surface area (Å²) >= 11 is 0. The number of hydrogen-bond donors (Lipinski definition) is 2. The molecular weight excluding hydrogens is 523 g/mol. The van der Waals surface area contributed by atoms with Crippen LogP contribution in [0.15, 0.2) is 54.7 Å². The summed E-state index contributed by atoms with van der Waals surface area (Å²) in [5.74, 6) is -0.609. The Morgan fingerprint density at radius 3 is 2.63 bits per heavy atom. The summed E-state index contributed by atoms with van der Waals surface area (Å²) in [4.78, 5) is 45.4. The summed E-state index contributed by atoms with van der Waals surface area (Å²) in [5.41, 5.74) is 2.92. The predicted octanol–water partition coefficient (Wildman–Crippen LogP) is 4.93. The number of carbonyl (C=O) groups excluding carboxylic acids is 3. The summed E-state index contributed by atoms with van der Waals surface area (Å²) < 4.78 is 20.4. The number of nitrogens with one attached hydrogen (secondary N) is 2. The number of halogens is 1. The van der Waals surface area contributed by atoms with Crippen molar-refractivity contribution in [2.75, 3.05) is 24.3 Å². The van der Waals surface area contributed by atoms with Crippen LogP contribution < -0.4 is 10.6 Å². The number of aromatic nitrogens is 1. The Kier molecular flexibility index (Phi) is 7.42. The van der Waals surface area contributed by atoms with Crippen LogP contribution in [0.4, 0.5) is 15.9 Å².